The molecule has 0 bridgehead atoms. The van der Waals surface area contributed by atoms with Gasteiger partial charge in [0.25, 0.3) is 0 Å². The molecule has 10 nitrogen and oxygen atoms in total. The summed E-state index contributed by atoms with van der Waals surface area (Å²) in [6.45, 7) is 3.59. The number of aliphatic hydroxyl groups excluding tert-OH is 5. The second kappa shape index (κ2) is 33.7. The van der Waals surface area contributed by atoms with Crippen molar-refractivity contribution in [3.8, 4) is 0 Å². The first kappa shape index (κ1) is 48.2. The Morgan fingerprint density at radius 2 is 1.02 bits per heavy atom. The maximum atomic E-state index is 12.7. The lowest BCUT2D eigenvalue weighted by atomic mass is 9.99. The molecule has 1 rings (SSSR count). The van der Waals surface area contributed by atoms with Crippen LogP contribution in [0.15, 0.2) is 0 Å². The SMILES string of the molecule is CCCCCCCCCCCCCCCC(=O)O[C@H](COC(O)CCCCCCCCCCCCCCC)CO[C@@H]1O[C@H](CO)[C@H](O)[C@H](O)[C@H]1O. The smallest absolute Gasteiger partial charge is 0.306 e. The van der Waals surface area contributed by atoms with Gasteiger partial charge in [-0.05, 0) is 19.3 Å². The number of hydrogen-bond acceptors (Lipinski definition) is 10. The zero-order valence-electron chi connectivity index (χ0n) is 32.7. The van der Waals surface area contributed by atoms with Gasteiger partial charge < -0.3 is 44.5 Å². The molecular weight excluding hydrogens is 652 g/mol. The van der Waals surface area contributed by atoms with E-state index in [2.05, 4.69) is 13.8 Å². The summed E-state index contributed by atoms with van der Waals surface area (Å²) >= 11 is 0. The number of esters is 1. The van der Waals surface area contributed by atoms with E-state index in [1.54, 1.807) is 0 Å². The fourth-order valence-electron chi connectivity index (χ4n) is 6.69. The standard InChI is InChI=1S/C41H80O10/c1-3-5-7-9-11-13-15-17-19-21-23-25-27-29-36(43)48-32-34(33-49-41-40(47)39(46)38(45)35(31-42)51-41)50-37(44)30-28-26-24-22-20-18-16-14-12-10-8-6-4-2/h34-36,38-43,45-47H,3-33H2,1-2H3/t34-,35-,36?,38+,39+,40-,41-/m1/s1. The molecule has 0 aromatic rings. The molecule has 1 aliphatic heterocycles. The molecule has 1 aliphatic rings. The lowest BCUT2D eigenvalue weighted by molar-refractivity contribution is -0.306. The van der Waals surface area contributed by atoms with E-state index in [1.165, 1.54) is 128 Å². The molecule has 1 saturated heterocycles. The number of carbonyl (C=O) groups is 1. The molecule has 1 heterocycles. The van der Waals surface area contributed by atoms with Gasteiger partial charge in [0.2, 0.25) is 0 Å². The first-order valence-electron chi connectivity index (χ1n) is 21.2. The minimum absolute atomic E-state index is 0.110. The summed E-state index contributed by atoms with van der Waals surface area (Å²) < 4.78 is 22.4. The second-order valence-electron chi connectivity index (χ2n) is 15.0. The van der Waals surface area contributed by atoms with Crippen LogP contribution in [0.2, 0.25) is 0 Å². The van der Waals surface area contributed by atoms with Gasteiger partial charge >= 0.3 is 5.97 Å². The number of ether oxygens (including phenoxy) is 4. The van der Waals surface area contributed by atoms with Gasteiger partial charge in [-0.15, -0.1) is 0 Å². The van der Waals surface area contributed by atoms with Gasteiger partial charge in [-0.25, -0.2) is 0 Å². The summed E-state index contributed by atoms with van der Waals surface area (Å²) in [6, 6.07) is 0. The van der Waals surface area contributed by atoms with Crippen molar-refractivity contribution < 1.29 is 49.3 Å². The predicted molar refractivity (Wildman–Crippen MR) is 202 cm³/mol. The Bertz CT molecular complexity index is 769. The molecule has 0 aromatic carbocycles. The molecule has 0 spiro atoms. The van der Waals surface area contributed by atoms with Crippen LogP contribution in [0.4, 0.5) is 0 Å². The van der Waals surface area contributed by atoms with Crippen molar-refractivity contribution in [3.05, 3.63) is 0 Å². The molecule has 0 amide bonds. The van der Waals surface area contributed by atoms with Crippen molar-refractivity contribution in [1.82, 2.24) is 0 Å². The summed E-state index contributed by atoms with van der Waals surface area (Å²) in [5.41, 5.74) is 0. The molecule has 1 unspecified atom stereocenters. The molecule has 10 heteroatoms. The van der Waals surface area contributed by atoms with Crippen LogP contribution in [0.1, 0.15) is 194 Å². The lowest BCUT2D eigenvalue weighted by Crippen LogP contribution is -2.59. The fourth-order valence-corrected chi connectivity index (χ4v) is 6.69. The van der Waals surface area contributed by atoms with E-state index < -0.39 is 55.7 Å². The summed E-state index contributed by atoms with van der Waals surface area (Å²) in [5.74, 6) is -0.393. The largest absolute Gasteiger partial charge is 0.457 e. The summed E-state index contributed by atoms with van der Waals surface area (Å²) in [6.07, 6.45) is 23.7. The lowest BCUT2D eigenvalue weighted by Gasteiger charge is -2.39. The predicted octanol–water partition coefficient (Wildman–Crippen LogP) is 8.01. The average Bonchev–Trinajstić information content (AvgIpc) is 3.13. The van der Waals surface area contributed by atoms with Crippen molar-refractivity contribution >= 4 is 5.97 Å². The Morgan fingerprint density at radius 3 is 1.47 bits per heavy atom. The minimum atomic E-state index is -1.57. The van der Waals surface area contributed by atoms with Crippen LogP contribution in [0.25, 0.3) is 0 Å². The van der Waals surface area contributed by atoms with Gasteiger partial charge in [0, 0.05) is 6.42 Å². The summed E-state index contributed by atoms with van der Waals surface area (Å²) in [5, 5.41) is 50.5. The second-order valence-corrected chi connectivity index (χ2v) is 15.0. The van der Waals surface area contributed by atoms with E-state index in [0.29, 0.717) is 6.42 Å². The highest BCUT2D eigenvalue weighted by Crippen LogP contribution is 2.23. The van der Waals surface area contributed by atoms with E-state index in [-0.39, 0.29) is 19.6 Å². The highest BCUT2D eigenvalue weighted by Gasteiger charge is 2.44. The normalized spacial score (nSPS) is 21.9. The average molecular weight is 733 g/mol. The Balaban J connectivity index is 2.35. The zero-order chi connectivity index (χ0) is 37.4. The third-order valence-electron chi connectivity index (χ3n) is 10.1. The van der Waals surface area contributed by atoms with Crippen molar-refractivity contribution in [2.75, 3.05) is 19.8 Å². The number of carbonyl (C=O) groups excluding carboxylic acids is 1. The van der Waals surface area contributed by atoms with Crippen LogP contribution < -0.4 is 0 Å². The van der Waals surface area contributed by atoms with Crippen molar-refractivity contribution in [2.45, 2.75) is 237 Å². The monoisotopic (exact) mass is 733 g/mol. The van der Waals surface area contributed by atoms with Crippen molar-refractivity contribution in [1.29, 1.82) is 0 Å². The molecule has 304 valence electrons. The number of aliphatic hydroxyl groups is 5. The van der Waals surface area contributed by atoms with Crippen LogP contribution in [-0.2, 0) is 23.7 Å². The van der Waals surface area contributed by atoms with Crippen LogP contribution in [0, 0.1) is 0 Å². The highest BCUT2D eigenvalue weighted by atomic mass is 16.7. The number of unbranched alkanes of at least 4 members (excludes halogenated alkanes) is 24. The highest BCUT2D eigenvalue weighted by molar-refractivity contribution is 5.69. The zero-order valence-corrected chi connectivity index (χ0v) is 32.7. The molecule has 1 fully saturated rings. The van der Waals surface area contributed by atoms with Crippen LogP contribution in [-0.4, -0.2) is 94.4 Å². The van der Waals surface area contributed by atoms with Gasteiger partial charge in [-0.1, -0.05) is 168 Å². The molecule has 0 saturated carbocycles. The van der Waals surface area contributed by atoms with Crippen molar-refractivity contribution in [2.24, 2.45) is 0 Å². The Labute approximate surface area is 311 Å². The first-order chi connectivity index (χ1) is 24.8. The summed E-state index contributed by atoms with van der Waals surface area (Å²) in [7, 11) is 0. The van der Waals surface area contributed by atoms with Crippen LogP contribution >= 0.6 is 0 Å². The third kappa shape index (κ3) is 25.7. The van der Waals surface area contributed by atoms with Gasteiger partial charge in [0.1, 0.15) is 30.5 Å². The van der Waals surface area contributed by atoms with Crippen LogP contribution in [0.5, 0.6) is 0 Å². The topological polar surface area (TPSA) is 155 Å². The third-order valence-corrected chi connectivity index (χ3v) is 10.1. The van der Waals surface area contributed by atoms with Gasteiger partial charge in [0.05, 0.1) is 19.8 Å². The minimum Gasteiger partial charge on any atom is -0.457 e. The van der Waals surface area contributed by atoms with Gasteiger partial charge in [0.15, 0.2) is 12.6 Å². The van der Waals surface area contributed by atoms with Crippen molar-refractivity contribution in [3.63, 3.8) is 0 Å². The maximum Gasteiger partial charge on any atom is 0.306 e. The summed E-state index contributed by atoms with van der Waals surface area (Å²) in [4.78, 5) is 12.7. The Hall–Kier alpha value is -0.850. The maximum absolute atomic E-state index is 12.7. The molecule has 51 heavy (non-hydrogen) atoms. The Kier molecular flexibility index (Phi) is 31.8. The van der Waals surface area contributed by atoms with E-state index in [9.17, 15) is 30.3 Å². The van der Waals surface area contributed by atoms with E-state index in [0.717, 1.165) is 38.5 Å². The van der Waals surface area contributed by atoms with E-state index in [4.69, 9.17) is 18.9 Å². The fraction of sp³-hybridized carbons (Fsp3) is 0.976. The van der Waals surface area contributed by atoms with E-state index >= 15 is 0 Å². The molecule has 5 N–H and O–H groups in total. The van der Waals surface area contributed by atoms with Gasteiger partial charge in [-0.3, -0.25) is 4.79 Å². The van der Waals surface area contributed by atoms with Gasteiger partial charge in [-0.2, -0.15) is 0 Å². The number of rotatable bonds is 36. The quantitative estimate of drug-likeness (QED) is 0.0243. The molecule has 0 radical (unpaired) electrons. The molecule has 0 aliphatic carbocycles. The Morgan fingerprint density at radius 1 is 0.588 bits per heavy atom. The molecule has 7 atom stereocenters. The van der Waals surface area contributed by atoms with E-state index in [1.807, 2.05) is 0 Å². The number of hydrogen-bond donors (Lipinski definition) is 5. The molecule has 0 aromatic heterocycles. The first-order valence-corrected chi connectivity index (χ1v) is 21.2. The van der Waals surface area contributed by atoms with Crippen LogP contribution in [0.3, 0.4) is 0 Å². The molecular formula is C41H80O10.